The van der Waals surface area contributed by atoms with Crippen LogP contribution in [0, 0.1) is 0 Å². The first kappa shape index (κ1) is 11.6. The Morgan fingerprint density at radius 3 is 2.25 bits per heavy atom. The van der Waals surface area contributed by atoms with Crippen LogP contribution in [0.3, 0.4) is 0 Å². The zero-order valence-corrected chi connectivity index (χ0v) is 10.6. The molecule has 82 valence electrons. The van der Waals surface area contributed by atoms with Gasteiger partial charge in [0.15, 0.2) is 0 Å². The van der Waals surface area contributed by atoms with Gasteiger partial charge in [0, 0.05) is 9.79 Å². The van der Waals surface area contributed by atoms with Crippen molar-refractivity contribution >= 4 is 23.7 Å². The summed E-state index contributed by atoms with van der Waals surface area (Å²) in [5.41, 5.74) is 2.48. The zero-order valence-electron chi connectivity index (χ0n) is 9.01. The number of hydrogen-bond acceptors (Lipinski definition) is 3. The average molecular weight is 247 g/mol. The summed E-state index contributed by atoms with van der Waals surface area (Å²) in [6, 6.07) is 16.9. The first-order valence-corrected chi connectivity index (χ1v) is 7.05. The molecule has 0 spiro atoms. The highest BCUT2D eigenvalue weighted by molar-refractivity contribution is 7.98. The number of nitrogens with two attached hydrogens (primary N) is 1. The van der Waals surface area contributed by atoms with Gasteiger partial charge in [0.1, 0.15) is 0 Å². The molecule has 0 aliphatic rings. The Balaban J connectivity index is 2.34. The SMILES string of the molecule is CSc1cccc(-c2ccc(SN)cc2)c1. The molecule has 2 aromatic rings. The lowest BCUT2D eigenvalue weighted by molar-refractivity contribution is 1.42. The molecule has 2 rings (SSSR count). The normalized spacial score (nSPS) is 10.4. The van der Waals surface area contributed by atoms with Crippen LogP contribution in [-0.4, -0.2) is 6.26 Å². The molecule has 2 N–H and O–H groups in total. The van der Waals surface area contributed by atoms with Crippen LogP contribution in [0.2, 0.25) is 0 Å². The molecule has 0 amide bonds. The minimum Gasteiger partial charge on any atom is -0.274 e. The summed E-state index contributed by atoms with van der Waals surface area (Å²) in [6.07, 6.45) is 2.09. The summed E-state index contributed by atoms with van der Waals surface area (Å²) >= 11 is 3.04. The van der Waals surface area contributed by atoms with Crippen LogP contribution < -0.4 is 5.14 Å². The third kappa shape index (κ3) is 2.61. The van der Waals surface area contributed by atoms with Gasteiger partial charge in [-0.1, -0.05) is 24.3 Å². The van der Waals surface area contributed by atoms with Gasteiger partial charge < -0.3 is 0 Å². The molecule has 16 heavy (non-hydrogen) atoms. The molecule has 1 nitrogen and oxygen atoms in total. The topological polar surface area (TPSA) is 26.0 Å². The van der Waals surface area contributed by atoms with Gasteiger partial charge in [-0.2, -0.15) is 0 Å². The maximum absolute atomic E-state index is 5.50. The highest BCUT2D eigenvalue weighted by atomic mass is 32.2. The number of hydrogen-bond donors (Lipinski definition) is 1. The summed E-state index contributed by atoms with van der Waals surface area (Å²) in [6.45, 7) is 0. The van der Waals surface area contributed by atoms with E-state index in [-0.39, 0.29) is 0 Å². The summed E-state index contributed by atoms with van der Waals surface area (Å²) in [4.78, 5) is 2.37. The van der Waals surface area contributed by atoms with E-state index in [1.54, 1.807) is 11.8 Å². The van der Waals surface area contributed by atoms with E-state index in [9.17, 15) is 0 Å². The fourth-order valence-electron chi connectivity index (χ4n) is 1.53. The van der Waals surface area contributed by atoms with Crippen LogP contribution >= 0.6 is 23.7 Å². The van der Waals surface area contributed by atoms with Gasteiger partial charge in [0.05, 0.1) is 0 Å². The fourth-order valence-corrected chi connectivity index (χ4v) is 2.28. The molecular weight excluding hydrogens is 234 g/mol. The second-order valence-electron chi connectivity index (χ2n) is 3.37. The Labute approximate surface area is 105 Å². The lowest BCUT2D eigenvalue weighted by Gasteiger charge is -2.04. The van der Waals surface area contributed by atoms with Crippen LogP contribution in [0.4, 0.5) is 0 Å². The summed E-state index contributed by atoms with van der Waals surface area (Å²) in [7, 11) is 0. The molecule has 0 saturated carbocycles. The van der Waals surface area contributed by atoms with Crippen LogP contribution in [0.15, 0.2) is 58.3 Å². The van der Waals surface area contributed by atoms with Gasteiger partial charge in [-0.25, -0.2) is 0 Å². The van der Waals surface area contributed by atoms with Crippen molar-refractivity contribution in [2.75, 3.05) is 6.26 Å². The van der Waals surface area contributed by atoms with E-state index in [0.29, 0.717) is 0 Å². The molecule has 0 atom stereocenters. The minimum atomic E-state index is 1.09. The van der Waals surface area contributed by atoms with Gasteiger partial charge in [-0.15, -0.1) is 11.8 Å². The van der Waals surface area contributed by atoms with Gasteiger partial charge in [-0.3, -0.25) is 5.14 Å². The van der Waals surface area contributed by atoms with E-state index in [1.165, 1.54) is 28.0 Å². The maximum atomic E-state index is 5.50. The lowest BCUT2D eigenvalue weighted by atomic mass is 10.1. The largest absolute Gasteiger partial charge is 0.274 e. The monoisotopic (exact) mass is 247 g/mol. The number of benzene rings is 2. The van der Waals surface area contributed by atoms with Crippen LogP contribution in [0.25, 0.3) is 11.1 Å². The Bertz CT molecular complexity index is 466. The third-order valence-corrected chi connectivity index (χ3v) is 3.66. The zero-order chi connectivity index (χ0) is 11.4. The Morgan fingerprint density at radius 1 is 0.875 bits per heavy atom. The quantitative estimate of drug-likeness (QED) is 0.655. The van der Waals surface area contributed by atoms with E-state index in [0.717, 1.165) is 4.90 Å². The van der Waals surface area contributed by atoms with Crippen molar-refractivity contribution in [1.29, 1.82) is 0 Å². The van der Waals surface area contributed by atoms with Crippen molar-refractivity contribution in [2.24, 2.45) is 5.14 Å². The molecular formula is C13H13NS2. The Kier molecular flexibility index (Phi) is 3.93. The maximum Gasteiger partial charge on any atom is 0.0226 e. The number of thioether (sulfide) groups is 1. The average Bonchev–Trinajstić information content (AvgIpc) is 2.39. The first-order valence-electron chi connectivity index (χ1n) is 4.94. The molecule has 0 aliphatic heterocycles. The van der Waals surface area contributed by atoms with E-state index >= 15 is 0 Å². The molecule has 0 heterocycles. The molecule has 2 aromatic carbocycles. The summed E-state index contributed by atoms with van der Waals surface area (Å²) in [5.74, 6) is 0. The van der Waals surface area contributed by atoms with Crippen LogP contribution in [0.1, 0.15) is 0 Å². The Morgan fingerprint density at radius 2 is 1.62 bits per heavy atom. The summed E-state index contributed by atoms with van der Waals surface area (Å²) in [5, 5.41) is 5.50. The van der Waals surface area contributed by atoms with Crippen molar-refractivity contribution in [3.05, 3.63) is 48.5 Å². The van der Waals surface area contributed by atoms with Crippen molar-refractivity contribution in [3.63, 3.8) is 0 Å². The van der Waals surface area contributed by atoms with Gasteiger partial charge in [0.2, 0.25) is 0 Å². The van der Waals surface area contributed by atoms with E-state index < -0.39 is 0 Å². The van der Waals surface area contributed by atoms with Crippen LogP contribution in [-0.2, 0) is 0 Å². The molecule has 0 radical (unpaired) electrons. The third-order valence-electron chi connectivity index (χ3n) is 2.39. The standard InChI is InChI=1S/C13H13NS2/c1-15-13-4-2-3-11(9-13)10-5-7-12(16-14)8-6-10/h2-9H,14H2,1H3. The molecule has 0 bridgehead atoms. The fraction of sp³-hybridized carbons (Fsp3) is 0.0769. The second-order valence-corrected chi connectivity index (χ2v) is 4.96. The first-order chi connectivity index (χ1) is 7.83. The van der Waals surface area contributed by atoms with Gasteiger partial charge >= 0.3 is 0 Å². The molecule has 3 heteroatoms. The predicted octanol–water partition coefficient (Wildman–Crippen LogP) is 4.04. The van der Waals surface area contributed by atoms with Crippen LogP contribution in [0.5, 0.6) is 0 Å². The van der Waals surface area contributed by atoms with E-state index in [2.05, 4.69) is 42.7 Å². The van der Waals surface area contributed by atoms with Gasteiger partial charge in [0.25, 0.3) is 0 Å². The van der Waals surface area contributed by atoms with E-state index in [1.807, 2.05) is 12.1 Å². The molecule has 0 saturated heterocycles. The van der Waals surface area contributed by atoms with Crippen molar-refractivity contribution in [2.45, 2.75) is 9.79 Å². The summed E-state index contributed by atoms with van der Waals surface area (Å²) < 4.78 is 0. The molecule has 0 aliphatic carbocycles. The smallest absolute Gasteiger partial charge is 0.0226 e. The van der Waals surface area contributed by atoms with E-state index in [4.69, 9.17) is 5.14 Å². The number of rotatable bonds is 3. The molecule has 0 unspecified atom stereocenters. The molecule has 0 fully saturated rings. The Hall–Kier alpha value is -0.900. The van der Waals surface area contributed by atoms with Crippen molar-refractivity contribution < 1.29 is 0 Å². The van der Waals surface area contributed by atoms with Gasteiger partial charge in [-0.05, 0) is 53.6 Å². The predicted molar refractivity (Wildman–Crippen MR) is 73.7 cm³/mol. The highest BCUT2D eigenvalue weighted by Crippen LogP contribution is 2.25. The molecule has 0 aromatic heterocycles. The lowest BCUT2D eigenvalue weighted by Crippen LogP contribution is -1.81. The second kappa shape index (κ2) is 5.43. The highest BCUT2D eigenvalue weighted by Gasteiger charge is 1.99. The minimum absolute atomic E-state index is 1.09. The van der Waals surface area contributed by atoms with Crippen molar-refractivity contribution in [3.8, 4) is 11.1 Å². The van der Waals surface area contributed by atoms with Crippen molar-refractivity contribution in [1.82, 2.24) is 0 Å².